The first-order chi connectivity index (χ1) is 11.7. The number of furan rings is 1. The minimum Gasteiger partial charge on any atom is -0.465 e. The van der Waals surface area contributed by atoms with E-state index in [2.05, 4.69) is 11.8 Å². The fourth-order valence-electron chi connectivity index (χ4n) is 2.46. The van der Waals surface area contributed by atoms with Gasteiger partial charge >= 0.3 is 5.97 Å². The average molecular weight is 316 g/mol. The van der Waals surface area contributed by atoms with Gasteiger partial charge in [-0.3, -0.25) is 0 Å². The Morgan fingerprint density at radius 2 is 1.58 bits per heavy atom. The molecule has 1 aromatic heterocycles. The Balaban J connectivity index is 2.18. The molecule has 0 fully saturated rings. The van der Waals surface area contributed by atoms with E-state index >= 15 is 0 Å². The largest absolute Gasteiger partial charge is 0.465 e. The summed E-state index contributed by atoms with van der Waals surface area (Å²) in [6.07, 6.45) is 0. The van der Waals surface area contributed by atoms with Crippen LogP contribution in [0.25, 0.3) is 11.3 Å². The van der Waals surface area contributed by atoms with E-state index in [0.717, 1.165) is 11.1 Å². The van der Waals surface area contributed by atoms with E-state index in [1.807, 2.05) is 60.7 Å². The second-order valence-electron chi connectivity index (χ2n) is 5.21. The molecule has 0 unspecified atom stereocenters. The third-order valence-corrected chi connectivity index (χ3v) is 3.62. The van der Waals surface area contributed by atoms with Crippen molar-refractivity contribution >= 4 is 5.97 Å². The zero-order valence-electron chi connectivity index (χ0n) is 13.5. The summed E-state index contributed by atoms with van der Waals surface area (Å²) in [5.41, 5.74) is 2.66. The van der Waals surface area contributed by atoms with Crippen molar-refractivity contribution in [3.8, 4) is 23.2 Å². The van der Waals surface area contributed by atoms with Crippen molar-refractivity contribution in [1.29, 1.82) is 0 Å². The van der Waals surface area contributed by atoms with Gasteiger partial charge in [-0.1, -0.05) is 60.4 Å². The molecule has 0 spiro atoms. The molecular formula is C21H16O3. The smallest absolute Gasteiger partial charge is 0.342 e. The number of esters is 1. The average Bonchev–Trinajstić information content (AvgIpc) is 2.97. The Labute approximate surface area is 140 Å². The van der Waals surface area contributed by atoms with E-state index in [-0.39, 0.29) is 0 Å². The van der Waals surface area contributed by atoms with Crippen LogP contribution in [-0.2, 0) is 4.74 Å². The van der Waals surface area contributed by atoms with Crippen molar-refractivity contribution in [2.24, 2.45) is 0 Å². The van der Waals surface area contributed by atoms with E-state index < -0.39 is 5.97 Å². The third kappa shape index (κ3) is 3.09. The zero-order valence-corrected chi connectivity index (χ0v) is 13.5. The molecule has 0 aliphatic heterocycles. The van der Waals surface area contributed by atoms with E-state index in [0.29, 0.717) is 22.6 Å². The van der Waals surface area contributed by atoms with Gasteiger partial charge in [-0.15, -0.1) is 0 Å². The summed E-state index contributed by atoms with van der Waals surface area (Å²) >= 11 is 0. The van der Waals surface area contributed by atoms with Crippen LogP contribution in [0.1, 0.15) is 27.2 Å². The molecule has 1 heterocycles. The summed E-state index contributed by atoms with van der Waals surface area (Å²) in [7, 11) is 1.35. The lowest BCUT2D eigenvalue weighted by Gasteiger charge is -1.99. The van der Waals surface area contributed by atoms with Crippen molar-refractivity contribution in [1.82, 2.24) is 0 Å². The Morgan fingerprint density at radius 3 is 2.21 bits per heavy atom. The third-order valence-electron chi connectivity index (χ3n) is 3.62. The predicted octanol–water partition coefficient (Wildman–Crippen LogP) is 4.44. The molecule has 3 heteroatoms. The lowest BCUT2D eigenvalue weighted by atomic mass is 10.0. The Bertz CT molecular complexity index is 910. The molecule has 0 N–H and O–H groups in total. The van der Waals surface area contributed by atoms with Crippen LogP contribution in [-0.4, -0.2) is 13.1 Å². The van der Waals surface area contributed by atoms with Gasteiger partial charge in [0.25, 0.3) is 0 Å². The molecule has 3 aromatic rings. The quantitative estimate of drug-likeness (QED) is 0.518. The van der Waals surface area contributed by atoms with Gasteiger partial charge in [-0.2, -0.15) is 0 Å². The van der Waals surface area contributed by atoms with Gasteiger partial charge in [0.1, 0.15) is 11.3 Å². The van der Waals surface area contributed by atoms with Gasteiger partial charge in [-0.05, 0) is 19.1 Å². The molecular weight excluding hydrogens is 300 g/mol. The molecule has 3 rings (SSSR count). The van der Waals surface area contributed by atoms with Crippen LogP contribution in [0.3, 0.4) is 0 Å². The van der Waals surface area contributed by atoms with Gasteiger partial charge < -0.3 is 9.15 Å². The highest BCUT2D eigenvalue weighted by atomic mass is 16.5. The monoisotopic (exact) mass is 316 g/mol. The van der Waals surface area contributed by atoms with Crippen LogP contribution in [0.15, 0.2) is 65.1 Å². The van der Waals surface area contributed by atoms with Crippen LogP contribution in [0.2, 0.25) is 0 Å². The van der Waals surface area contributed by atoms with Crippen LogP contribution >= 0.6 is 0 Å². The summed E-state index contributed by atoms with van der Waals surface area (Å²) in [6, 6.07) is 19.2. The number of hydrogen-bond acceptors (Lipinski definition) is 3. The fraction of sp³-hybridized carbons (Fsp3) is 0.0952. The molecule has 0 amide bonds. The van der Waals surface area contributed by atoms with Crippen LogP contribution in [0.5, 0.6) is 0 Å². The number of benzene rings is 2. The van der Waals surface area contributed by atoms with Crippen molar-refractivity contribution in [2.75, 3.05) is 7.11 Å². The highest BCUT2D eigenvalue weighted by Crippen LogP contribution is 2.31. The zero-order chi connectivity index (χ0) is 16.9. The lowest BCUT2D eigenvalue weighted by Crippen LogP contribution is -2.03. The van der Waals surface area contributed by atoms with Crippen molar-refractivity contribution in [2.45, 2.75) is 6.92 Å². The maximum Gasteiger partial charge on any atom is 0.342 e. The number of aryl methyl sites for hydroxylation is 1. The molecule has 118 valence electrons. The first-order valence-electron chi connectivity index (χ1n) is 7.55. The lowest BCUT2D eigenvalue weighted by molar-refractivity contribution is 0.0598. The second kappa shape index (κ2) is 6.89. The molecule has 0 aliphatic rings. The van der Waals surface area contributed by atoms with Gasteiger partial charge in [0.05, 0.1) is 12.7 Å². The molecule has 0 bridgehead atoms. The molecule has 0 atom stereocenters. The van der Waals surface area contributed by atoms with Gasteiger partial charge in [0, 0.05) is 11.1 Å². The first kappa shape index (κ1) is 15.6. The van der Waals surface area contributed by atoms with Gasteiger partial charge in [0.15, 0.2) is 5.76 Å². The fourth-order valence-corrected chi connectivity index (χ4v) is 2.46. The second-order valence-corrected chi connectivity index (χ2v) is 5.21. The number of methoxy groups -OCH3 is 1. The standard InChI is InChI=1S/C21H16O3/c1-15-19(21(22)23-2)18(14-13-16-9-5-3-6-10-16)20(24-15)17-11-7-4-8-12-17/h3-12H,1-2H3. The van der Waals surface area contributed by atoms with E-state index in [4.69, 9.17) is 9.15 Å². The minimum absolute atomic E-state index is 0.375. The summed E-state index contributed by atoms with van der Waals surface area (Å²) in [6.45, 7) is 1.74. The first-order valence-corrected chi connectivity index (χ1v) is 7.55. The van der Waals surface area contributed by atoms with E-state index in [1.54, 1.807) is 6.92 Å². The topological polar surface area (TPSA) is 39.4 Å². The minimum atomic E-state index is -0.448. The maximum absolute atomic E-state index is 12.2. The van der Waals surface area contributed by atoms with Gasteiger partial charge in [0.2, 0.25) is 0 Å². The SMILES string of the molecule is COC(=O)c1c(C)oc(-c2ccccc2)c1C#Cc1ccccc1. The predicted molar refractivity (Wildman–Crippen MR) is 92.6 cm³/mol. The highest BCUT2D eigenvalue weighted by molar-refractivity contribution is 5.96. The summed E-state index contributed by atoms with van der Waals surface area (Å²) in [5, 5.41) is 0. The molecule has 0 saturated heterocycles. The molecule has 0 saturated carbocycles. The van der Waals surface area contributed by atoms with Crippen LogP contribution in [0.4, 0.5) is 0 Å². The number of carbonyl (C=O) groups is 1. The summed E-state index contributed by atoms with van der Waals surface area (Å²) in [4.78, 5) is 12.2. The number of hydrogen-bond donors (Lipinski definition) is 0. The molecule has 0 radical (unpaired) electrons. The van der Waals surface area contributed by atoms with E-state index in [1.165, 1.54) is 7.11 Å². The Morgan fingerprint density at radius 1 is 0.958 bits per heavy atom. The van der Waals surface area contributed by atoms with Crippen molar-refractivity contribution in [3.63, 3.8) is 0 Å². The Kier molecular flexibility index (Phi) is 4.49. The maximum atomic E-state index is 12.2. The number of rotatable bonds is 2. The molecule has 24 heavy (non-hydrogen) atoms. The number of ether oxygens (including phenoxy) is 1. The molecule has 3 nitrogen and oxygen atoms in total. The van der Waals surface area contributed by atoms with Crippen molar-refractivity contribution < 1.29 is 13.9 Å². The van der Waals surface area contributed by atoms with E-state index in [9.17, 15) is 4.79 Å². The number of carbonyl (C=O) groups excluding carboxylic acids is 1. The van der Waals surface area contributed by atoms with Crippen molar-refractivity contribution in [3.05, 3.63) is 83.1 Å². The normalized spacial score (nSPS) is 9.92. The summed E-state index contributed by atoms with van der Waals surface area (Å²) < 4.78 is 10.7. The molecule has 0 aliphatic carbocycles. The molecule has 2 aromatic carbocycles. The van der Waals surface area contributed by atoms with Gasteiger partial charge in [-0.25, -0.2) is 4.79 Å². The highest BCUT2D eigenvalue weighted by Gasteiger charge is 2.23. The van der Waals surface area contributed by atoms with Crippen LogP contribution in [0, 0.1) is 18.8 Å². The summed E-state index contributed by atoms with van der Waals surface area (Å²) in [5.74, 6) is 6.80. The van der Waals surface area contributed by atoms with Crippen LogP contribution < -0.4 is 0 Å². The Hall–Kier alpha value is -3.25.